The summed E-state index contributed by atoms with van der Waals surface area (Å²) in [5.74, 6) is 0.259. The van der Waals surface area contributed by atoms with E-state index in [0.717, 1.165) is 51.9 Å². The summed E-state index contributed by atoms with van der Waals surface area (Å²) in [6, 6.07) is 0.188. The number of urea groups is 1. The molecule has 0 unspecified atom stereocenters. The minimum Gasteiger partial charge on any atom is -0.387 e. The molecule has 0 atom stereocenters. The first-order valence-corrected chi connectivity index (χ1v) is 7.41. The maximum atomic E-state index is 12.5. The van der Waals surface area contributed by atoms with Gasteiger partial charge < -0.3 is 15.5 Å². The molecule has 0 aromatic heterocycles. The Morgan fingerprint density at radius 3 is 1.95 bits per heavy atom. The number of nitrogens with zero attached hydrogens (tertiary/aromatic N) is 2. The molecule has 108 valence electrons. The summed E-state index contributed by atoms with van der Waals surface area (Å²) >= 11 is 0. The fourth-order valence-corrected chi connectivity index (χ4v) is 2.92. The molecule has 0 aromatic carbocycles. The van der Waals surface area contributed by atoms with Crippen LogP contribution < -0.4 is 5.73 Å². The first-order chi connectivity index (χ1) is 9.03. The normalized spacial score (nSPS) is 23.8. The molecule has 0 spiro atoms. The van der Waals surface area contributed by atoms with Gasteiger partial charge in [-0.05, 0) is 25.7 Å². The molecule has 2 aliphatic rings. The molecule has 0 radical (unpaired) electrons. The first kappa shape index (κ1) is 14.2. The minimum atomic E-state index is -0.213. The monoisotopic (exact) mass is 266 g/mol. The lowest BCUT2D eigenvalue weighted by atomic mass is 9.79. The molecule has 0 bridgehead atoms. The largest absolute Gasteiger partial charge is 0.387 e. The van der Waals surface area contributed by atoms with Gasteiger partial charge in [0.05, 0.1) is 5.84 Å². The van der Waals surface area contributed by atoms with E-state index in [2.05, 4.69) is 0 Å². The zero-order valence-electron chi connectivity index (χ0n) is 12.0. The Morgan fingerprint density at radius 1 is 1.00 bits per heavy atom. The SMILES string of the molecule is CC1(C(=N)N)CCN(C(=O)N2CCCCCC2)CC1. The number of hydrogen-bond donors (Lipinski definition) is 2. The Bertz CT molecular complexity index is 339. The highest BCUT2D eigenvalue weighted by Gasteiger charge is 2.35. The molecule has 2 saturated heterocycles. The Labute approximate surface area is 115 Å². The second-order valence-corrected chi connectivity index (χ2v) is 6.15. The van der Waals surface area contributed by atoms with Gasteiger partial charge >= 0.3 is 6.03 Å². The molecule has 2 fully saturated rings. The summed E-state index contributed by atoms with van der Waals surface area (Å²) < 4.78 is 0. The van der Waals surface area contributed by atoms with Crippen LogP contribution in [0, 0.1) is 10.8 Å². The quantitative estimate of drug-likeness (QED) is 0.563. The van der Waals surface area contributed by atoms with Crippen LogP contribution >= 0.6 is 0 Å². The van der Waals surface area contributed by atoms with Crippen LogP contribution in [-0.2, 0) is 0 Å². The molecule has 19 heavy (non-hydrogen) atoms. The molecule has 0 aromatic rings. The summed E-state index contributed by atoms with van der Waals surface area (Å²) in [5.41, 5.74) is 5.44. The van der Waals surface area contributed by atoms with Crippen LogP contribution in [-0.4, -0.2) is 47.8 Å². The summed E-state index contributed by atoms with van der Waals surface area (Å²) in [6.07, 6.45) is 6.36. The van der Waals surface area contributed by atoms with Crippen LogP contribution in [0.5, 0.6) is 0 Å². The highest BCUT2D eigenvalue weighted by molar-refractivity contribution is 5.83. The average molecular weight is 266 g/mol. The van der Waals surface area contributed by atoms with Crippen LogP contribution in [0.15, 0.2) is 0 Å². The average Bonchev–Trinajstić information content (AvgIpc) is 2.67. The maximum absolute atomic E-state index is 12.5. The van der Waals surface area contributed by atoms with Crippen molar-refractivity contribution in [2.45, 2.75) is 45.4 Å². The summed E-state index contributed by atoms with van der Waals surface area (Å²) in [6.45, 7) is 5.29. The van der Waals surface area contributed by atoms with Crippen molar-refractivity contribution in [3.05, 3.63) is 0 Å². The molecule has 2 aliphatic heterocycles. The van der Waals surface area contributed by atoms with E-state index in [1.807, 2.05) is 16.7 Å². The number of carbonyl (C=O) groups excluding carboxylic acids is 1. The summed E-state index contributed by atoms with van der Waals surface area (Å²) in [4.78, 5) is 16.4. The third-order valence-corrected chi connectivity index (χ3v) is 4.66. The van der Waals surface area contributed by atoms with Gasteiger partial charge in [0.25, 0.3) is 0 Å². The van der Waals surface area contributed by atoms with Crippen molar-refractivity contribution >= 4 is 11.9 Å². The van der Waals surface area contributed by atoms with Gasteiger partial charge in [0.2, 0.25) is 0 Å². The number of hydrogen-bond acceptors (Lipinski definition) is 2. The van der Waals surface area contributed by atoms with E-state index in [1.54, 1.807) is 0 Å². The molecule has 0 aliphatic carbocycles. The Kier molecular flexibility index (Phi) is 4.32. The number of amides is 2. The van der Waals surface area contributed by atoms with E-state index >= 15 is 0 Å². The van der Waals surface area contributed by atoms with E-state index in [9.17, 15) is 4.79 Å². The van der Waals surface area contributed by atoms with Crippen LogP contribution in [0.25, 0.3) is 0 Å². The predicted molar refractivity (Wildman–Crippen MR) is 76.3 cm³/mol. The molecule has 2 rings (SSSR count). The second kappa shape index (κ2) is 5.80. The number of nitrogens with one attached hydrogen (secondary N) is 1. The number of amidine groups is 1. The van der Waals surface area contributed by atoms with E-state index in [-0.39, 0.29) is 17.3 Å². The first-order valence-electron chi connectivity index (χ1n) is 7.41. The lowest BCUT2D eigenvalue weighted by Crippen LogP contribution is -2.51. The zero-order chi connectivity index (χ0) is 13.9. The van der Waals surface area contributed by atoms with Crippen LogP contribution in [0.3, 0.4) is 0 Å². The van der Waals surface area contributed by atoms with E-state index in [1.165, 1.54) is 12.8 Å². The highest BCUT2D eigenvalue weighted by atomic mass is 16.2. The van der Waals surface area contributed by atoms with Gasteiger partial charge in [-0.1, -0.05) is 19.8 Å². The highest BCUT2D eigenvalue weighted by Crippen LogP contribution is 2.31. The second-order valence-electron chi connectivity index (χ2n) is 6.15. The maximum Gasteiger partial charge on any atom is 0.319 e. The lowest BCUT2D eigenvalue weighted by molar-refractivity contribution is 0.126. The van der Waals surface area contributed by atoms with Crippen molar-refractivity contribution in [2.24, 2.45) is 11.1 Å². The third kappa shape index (κ3) is 3.19. The third-order valence-electron chi connectivity index (χ3n) is 4.66. The number of rotatable bonds is 1. The fraction of sp³-hybridized carbons (Fsp3) is 0.857. The van der Waals surface area contributed by atoms with Crippen molar-refractivity contribution in [3.63, 3.8) is 0 Å². The number of carbonyl (C=O) groups is 1. The van der Waals surface area contributed by atoms with E-state index in [0.29, 0.717) is 0 Å². The van der Waals surface area contributed by atoms with Crippen molar-refractivity contribution in [2.75, 3.05) is 26.2 Å². The van der Waals surface area contributed by atoms with Crippen molar-refractivity contribution in [3.8, 4) is 0 Å². The molecule has 2 heterocycles. The lowest BCUT2D eigenvalue weighted by Gasteiger charge is -2.40. The van der Waals surface area contributed by atoms with Crippen LogP contribution in [0.1, 0.15) is 45.4 Å². The van der Waals surface area contributed by atoms with Gasteiger partial charge in [0.15, 0.2) is 0 Å². The standard InChI is InChI=1S/C14H26N4O/c1-14(12(15)16)6-10-18(11-7-14)13(19)17-8-4-2-3-5-9-17/h2-11H2,1H3,(H3,15,16). The van der Waals surface area contributed by atoms with Crippen LogP contribution in [0.2, 0.25) is 0 Å². The topological polar surface area (TPSA) is 73.4 Å². The number of piperidine rings is 1. The predicted octanol–water partition coefficient (Wildman–Crippen LogP) is 2.02. The Morgan fingerprint density at radius 2 is 1.47 bits per heavy atom. The molecule has 5 nitrogen and oxygen atoms in total. The van der Waals surface area contributed by atoms with E-state index < -0.39 is 0 Å². The van der Waals surface area contributed by atoms with Gasteiger partial charge in [-0.15, -0.1) is 0 Å². The van der Waals surface area contributed by atoms with Gasteiger partial charge in [-0.2, -0.15) is 0 Å². The van der Waals surface area contributed by atoms with Gasteiger partial charge in [0, 0.05) is 31.6 Å². The smallest absolute Gasteiger partial charge is 0.319 e. The Balaban J connectivity index is 1.90. The summed E-state index contributed by atoms with van der Waals surface area (Å²) in [7, 11) is 0. The van der Waals surface area contributed by atoms with Gasteiger partial charge in [-0.25, -0.2) is 4.79 Å². The molecular weight excluding hydrogens is 240 g/mol. The van der Waals surface area contributed by atoms with Gasteiger partial charge in [-0.3, -0.25) is 5.41 Å². The molecule has 0 saturated carbocycles. The number of nitrogens with two attached hydrogens (primary N) is 1. The Hall–Kier alpha value is -1.26. The van der Waals surface area contributed by atoms with Crippen molar-refractivity contribution in [1.82, 2.24) is 9.80 Å². The van der Waals surface area contributed by atoms with Crippen LogP contribution in [0.4, 0.5) is 4.79 Å². The van der Waals surface area contributed by atoms with Gasteiger partial charge in [0.1, 0.15) is 0 Å². The summed E-state index contributed by atoms with van der Waals surface area (Å²) in [5, 5.41) is 7.65. The van der Waals surface area contributed by atoms with Crippen molar-refractivity contribution in [1.29, 1.82) is 5.41 Å². The zero-order valence-corrected chi connectivity index (χ0v) is 12.0. The fourth-order valence-electron chi connectivity index (χ4n) is 2.92. The molecule has 5 heteroatoms. The van der Waals surface area contributed by atoms with Crippen molar-refractivity contribution < 1.29 is 4.79 Å². The molecule has 2 amide bonds. The molecule has 3 N–H and O–H groups in total. The number of likely N-dealkylation sites (tertiary alicyclic amines) is 2. The van der Waals surface area contributed by atoms with E-state index in [4.69, 9.17) is 11.1 Å². The molecular formula is C14H26N4O. The minimum absolute atomic E-state index is 0.188.